The SMILES string of the molecule is CC1(C)CC(=O)C2=C(C1)O[C@H]1C(=O)[C@H]3[C@@H]([C@@H]21)[C@H]1C=C[C@@H]3C12OCCO2. The van der Waals surface area contributed by atoms with Crippen LogP contribution >= 0.6 is 0 Å². The van der Waals surface area contributed by atoms with Gasteiger partial charge < -0.3 is 14.2 Å². The molecule has 132 valence electrons. The van der Waals surface area contributed by atoms with Crippen molar-refractivity contribution in [3.63, 3.8) is 0 Å². The third kappa shape index (κ3) is 1.54. The van der Waals surface area contributed by atoms with Crippen LogP contribution in [-0.2, 0) is 23.8 Å². The molecule has 6 atom stereocenters. The summed E-state index contributed by atoms with van der Waals surface area (Å²) in [6.45, 7) is 5.33. The lowest BCUT2D eigenvalue weighted by atomic mass is 9.70. The Morgan fingerprint density at radius 1 is 1.00 bits per heavy atom. The van der Waals surface area contributed by atoms with Crippen LogP contribution in [0.1, 0.15) is 26.7 Å². The molecule has 6 rings (SSSR count). The summed E-state index contributed by atoms with van der Waals surface area (Å²) in [5, 5.41) is 0. The Morgan fingerprint density at radius 2 is 1.72 bits per heavy atom. The van der Waals surface area contributed by atoms with Gasteiger partial charge in [0.05, 0.1) is 13.2 Å². The molecule has 5 nitrogen and oxygen atoms in total. The molecule has 0 amide bonds. The van der Waals surface area contributed by atoms with Crippen LogP contribution in [0.15, 0.2) is 23.5 Å². The number of Topliss-reactive ketones (excluding diaryl/α,β-unsaturated/α-hetero) is 2. The van der Waals surface area contributed by atoms with E-state index in [1.807, 2.05) is 0 Å². The van der Waals surface area contributed by atoms with E-state index < -0.39 is 11.9 Å². The average Bonchev–Trinajstić information content (AvgIpc) is 3.31. The quantitative estimate of drug-likeness (QED) is 0.630. The lowest BCUT2D eigenvalue weighted by molar-refractivity contribution is -0.192. The summed E-state index contributed by atoms with van der Waals surface area (Å²) in [5.41, 5.74) is 0.712. The summed E-state index contributed by atoms with van der Waals surface area (Å²) in [6, 6.07) is 0. The van der Waals surface area contributed by atoms with E-state index in [0.29, 0.717) is 19.6 Å². The smallest absolute Gasteiger partial charge is 0.182 e. The minimum atomic E-state index is -0.670. The Kier molecular flexibility index (Phi) is 2.50. The summed E-state index contributed by atoms with van der Waals surface area (Å²) in [4.78, 5) is 26.1. The largest absolute Gasteiger partial charge is 0.486 e. The molecule has 0 N–H and O–H groups in total. The fourth-order valence-electron chi connectivity index (χ4n) is 6.55. The van der Waals surface area contributed by atoms with Crippen molar-refractivity contribution in [2.45, 2.75) is 38.6 Å². The predicted octanol–water partition coefficient (Wildman–Crippen LogP) is 2.02. The van der Waals surface area contributed by atoms with Crippen molar-refractivity contribution in [2.75, 3.05) is 13.2 Å². The molecule has 0 aromatic rings. The number of carbonyl (C=O) groups excluding carboxylic acids is 2. The number of hydrogen-bond donors (Lipinski definition) is 0. The first-order valence-corrected chi connectivity index (χ1v) is 9.36. The standard InChI is InChI=1S/C20H22O5/c1-19(2)7-11(21)15-12(8-19)25-18-16(15)13-9-3-4-10(14(13)17(18)22)20(9)23-5-6-24-20/h3-4,9-10,13-14,16,18H,5-8H2,1-2H3/t9-,10+,13+,14-,16+,18-/m1/s1. The van der Waals surface area contributed by atoms with E-state index >= 15 is 0 Å². The molecule has 25 heavy (non-hydrogen) atoms. The Bertz CT molecular complexity index is 769. The molecule has 1 saturated heterocycles. The minimum absolute atomic E-state index is 0.0362. The fraction of sp³-hybridized carbons (Fsp3) is 0.700. The maximum Gasteiger partial charge on any atom is 0.182 e. The van der Waals surface area contributed by atoms with Gasteiger partial charge in [-0.05, 0) is 11.3 Å². The van der Waals surface area contributed by atoms with Crippen molar-refractivity contribution in [1.82, 2.24) is 0 Å². The molecule has 2 bridgehead atoms. The molecule has 2 heterocycles. The molecular weight excluding hydrogens is 320 g/mol. The average molecular weight is 342 g/mol. The van der Waals surface area contributed by atoms with Gasteiger partial charge in [-0.25, -0.2) is 0 Å². The van der Waals surface area contributed by atoms with Crippen LogP contribution in [0.5, 0.6) is 0 Å². The van der Waals surface area contributed by atoms with Gasteiger partial charge in [0.2, 0.25) is 0 Å². The lowest BCUT2D eigenvalue weighted by Gasteiger charge is -2.32. The van der Waals surface area contributed by atoms with E-state index in [9.17, 15) is 9.59 Å². The summed E-state index contributed by atoms with van der Waals surface area (Å²) in [7, 11) is 0. The number of rotatable bonds is 0. The van der Waals surface area contributed by atoms with E-state index in [1.165, 1.54) is 0 Å². The van der Waals surface area contributed by atoms with E-state index in [4.69, 9.17) is 14.2 Å². The molecule has 2 saturated carbocycles. The van der Waals surface area contributed by atoms with Gasteiger partial charge in [-0.1, -0.05) is 26.0 Å². The van der Waals surface area contributed by atoms with Crippen molar-refractivity contribution in [1.29, 1.82) is 0 Å². The first-order valence-electron chi connectivity index (χ1n) is 9.36. The second-order valence-corrected chi connectivity index (χ2v) is 9.20. The van der Waals surface area contributed by atoms with Gasteiger partial charge in [0.1, 0.15) is 5.76 Å². The molecule has 0 radical (unpaired) electrons. The normalized spacial score (nSPS) is 47.4. The Hall–Kier alpha value is -1.46. The number of ether oxygens (including phenoxy) is 3. The maximum absolute atomic E-state index is 13.2. The highest BCUT2D eigenvalue weighted by atomic mass is 16.7. The molecule has 0 aromatic carbocycles. The first-order chi connectivity index (χ1) is 11.9. The topological polar surface area (TPSA) is 61.8 Å². The van der Waals surface area contributed by atoms with Crippen molar-refractivity contribution in [2.24, 2.45) is 35.0 Å². The van der Waals surface area contributed by atoms with Gasteiger partial charge in [0.25, 0.3) is 0 Å². The van der Waals surface area contributed by atoms with Crippen molar-refractivity contribution >= 4 is 11.6 Å². The van der Waals surface area contributed by atoms with Crippen LogP contribution in [-0.4, -0.2) is 36.7 Å². The molecule has 5 heteroatoms. The zero-order chi connectivity index (χ0) is 17.1. The third-order valence-corrected chi connectivity index (χ3v) is 7.24. The highest BCUT2D eigenvalue weighted by Crippen LogP contribution is 2.67. The molecule has 4 aliphatic carbocycles. The number of hydrogen-bond acceptors (Lipinski definition) is 5. The molecular formula is C20H22O5. The van der Waals surface area contributed by atoms with Crippen LogP contribution in [0.3, 0.4) is 0 Å². The van der Waals surface area contributed by atoms with Crippen LogP contribution in [0.25, 0.3) is 0 Å². The number of carbonyl (C=O) groups is 2. The number of fused-ring (bicyclic) bond motifs is 6. The highest BCUT2D eigenvalue weighted by Gasteiger charge is 2.74. The zero-order valence-electron chi connectivity index (χ0n) is 14.5. The Balaban J connectivity index is 1.46. The van der Waals surface area contributed by atoms with Gasteiger partial charge in [-0.3, -0.25) is 9.59 Å². The number of allylic oxidation sites excluding steroid dienone is 1. The Labute approximate surface area is 146 Å². The van der Waals surface area contributed by atoms with E-state index in [1.54, 1.807) is 0 Å². The van der Waals surface area contributed by atoms with Crippen molar-refractivity contribution in [3.05, 3.63) is 23.5 Å². The van der Waals surface area contributed by atoms with Crippen LogP contribution in [0.4, 0.5) is 0 Å². The summed E-state index contributed by atoms with van der Waals surface area (Å²) in [5.74, 6) is 0.247. The maximum atomic E-state index is 13.2. The van der Waals surface area contributed by atoms with Gasteiger partial charge >= 0.3 is 0 Å². The van der Waals surface area contributed by atoms with Crippen LogP contribution in [0.2, 0.25) is 0 Å². The predicted molar refractivity (Wildman–Crippen MR) is 86.2 cm³/mol. The van der Waals surface area contributed by atoms with Crippen LogP contribution < -0.4 is 0 Å². The van der Waals surface area contributed by atoms with E-state index in [0.717, 1.165) is 17.8 Å². The first kappa shape index (κ1) is 14.7. The molecule has 6 aliphatic rings. The van der Waals surface area contributed by atoms with Gasteiger partial charge in [-0.15, -0.1) is 0 Å². The summed E-state index contributed by atoms with van der Waals surface area (Å²) < 4.78 is 18.2. The summed E-state index contributed by atoms with van der Waals surface area (Å²) in [6.07, 6.45) is 5.06. The van der Waals surface area contributed by atoms with Crippen molar-refractivity contribution < 1.29 is 23.8 Å². The van der Waals surface area contributed by atoms with Crippen LogP contribution in [0, 0.1) is 35.0 Å². The molecule has 1 spiro atoms. The molecule has 0 aromatic heterocycles. The zero-order valence-corrected chi connectivity index (χ0v) is 14.5. The van der Waals surface area contributed by atoms with Gasteiger partial charge in [0, 0.05) is 42.1 Å². The highest BCUT2D eigenvalue weighted by molar-refractivity contribution is 6.02. The minimum Gasteiger partial charge on any atom is -0.486 e. The van der Waals surface area contributed by atoms with E-state index in [2.05, 4.69) is 26.0 Å². The lowest BCUT2D eigenvalue weighted by Crippen LogP contribution is -2.41. The molecule has 0 unspecified atom stereocenters. The van der Waals surface area contributed by atoms with E-state index in [-0.39, 0.29) is 46.6 Å². The second kappa shape index (κ2) is 4.26. The van der Waals surface area contributed by atoms with Gasteiger partial charge in [-0.2, -0.15) is 0 Å². The fourth-order valence-corrected chi connectivity index (χ4v) is 6.55. The van der Waals surface area contributed by atoms with Gasteiger partial charge in [0.15, 0.2) is 23.5 Å². The monoisotopic (exact) mass is 342 g/mol. The molecule has 3 fully saturated rings. The molecule has 2 aliphatic heterocycles. The second-order valence-electron chi connectivity index (χ2n) is 9.20. The third-order valence-electron chi connectivity index (χ3n) is 7.24. The van der Waals surface area contributed by atoms with Crippen molar-refractivity contribution in [3.8, 4) is 0 Å². The Morgan fingerprint density at radius 3 is 2.48 bits per heavy atom. The summed E-state index contributed by atoms with van der Waals surface area (Å²) >= 11 is 0. The number of ketones is 2.